The van der Waals surface area contributed by atoms with Gasteiger partial charge in [-0.1, -0.05) is 23.7 Å². The largest absolute Gasteiger partial charge is 0.489 e. The van der Waals surface area contributed by atoms with Gasteiger partial charge < -0.3 is 4.74 Å². The highest BCUT2D eigenvalue weighted by molar-refractivity contribution is 14.1. The molecule has 0 heterocycles. The molecule has 0 unspecified atom stereocenters. The van der Waals surface area contributed by atoms with Crippen LogP contribution in [-0.4, -0.2) is 0 Å². The van der Waals surface area contributed by atoms with E-state index in [1.807, 2.05) is 24.3 Å². The van der Waals surface area contributed by atoms with Crippen LogP contribution in [0.3, 0.4) is 0 Å². The Balaban J connectivity index is 2.02. The summed E-state index contributed by atoms with van der Waals surface area (Å²) in [6.45, 7) is 0.415. The first-order chi connectivity index (χ1) is 8.15. The Morgan fingerprint density at radius 2 is 1.82 bits per heavy atom. The predicted octanol–water partition coefficient (Wildman–Crippen LogP) is 4.66. The first kappa shape index (κ1) is 12.6. The zero-order valence-corrected chi connectivity index (χ0v) is 11.7. The van der Waals surface area contributed by atoms with Crippen LogP contribution >= 0.6 is 34.2 Å². The van der Waals surface area contributed by atoms with E-state index in [-0.39, 0.29) is 5.02 Å². The Bertz CT molecular complexity index is 513. The van der Waals surface area contributed by atoms with Crippen molar-refractivity contribution in [3.05, 3.63) is 62.4 Å². The van der Waals surface area contributed by atoms with E-state index >= 15 is 0 Å². The van der Waals surface area contributed by atoms with E-state index in [1.165, 1.54) is 15.7 Å². The Labute approximate surface area is 118 Å². The Kier molecular flexibility index (Phi) is 4.23. The molecule has 4 heteroatoms. The molecular weight excluding hydrogens is 353 g/mol. The molecule has 0 saturated heterocycles. The maximum Gasteiger partial charge on any atom is 0.145 e. The minimum atomic E-state index is -0.466. The molecule has 2 rings (SSSR count). The number of rotatable bonds is 3. The van der Waals surface area contributed by atoms with Gasteiger partial charge in [0.05, 0.1) is 5.02 Å². The molecular formula is C13H9ClFIO. The monoisotopic (exact) mass is 362 g/mol. The summed E-state index contributed by atoms with van der Waals surface area (Å²) in [5.41, 5.74) is 1.04. The van der Waals surface area contributed by atoms with Crippen molar-refractivity contribution in [2.75, 3.05) is 0 Å². The van der Waals surface area contributed by atoms with Crippen molar-refractivity contribution in [1.82, 2.24) is 0 Å². The molecule has 0 N–H and O–H groups in total. The quantitative estimate of drug-likeness (QED) is 0.722. The number of hydrogen-bond donors (Lipinski definition) is 0. The molecule has 0 radical (unpaired) electrons. The van der Waals surface area contributed by atoms with Gasteiger partial charge in [0.15, 0.2) is 0 Å². The second-order valence-electron chi connectivity index (χ2n) is 3.49. The van der Waals surface area contributed by atoms with Gasteiger partial charge in [0.2, 0.25) is 0 Å². The summed E-state index contributed by atoms with van der Waals surface area (Å²) in [5, 5.41) is 0.103. The number of halogens is 3. The van der Waals surface area contributed by atoms with Gasteiger partial charge in [-0.2, -0.15) is 0 Å². The molecule has 0 bridgehead atoms. The molecule has 2 aromatic rings. The van der Waals surface area contributed by atoms with Gasteiger partial charge in [-0.25, -0.2) is 4.39 Å². The van der Waals surface area contributed by atoms with E-state index in [0.29, 0.717) is 12.4 Å². The Morgan fingerprint density at radius 1 is 1.12 bits per heavy atom. The van der Waals surface area contributed by atoms with E-state index in [9.17, 15) is 4.39 Å². The van der Waals surface area contributed by atoms with E-state index in [1.54, 1.807) is 6.07 Å². The van der Waals surface area contributed by atoms with Crippen molar-refractivity contribution in [2.45, 2.75) is 6.61 Å². The highest BCUT2D eigenvalue weighted by Crippen LogP contribution is 2.21. The third kappa shape index (κ3) is 3.57. The molecule has 2 aromatic carbocycles. The molecule has 0 spiro atoms. The smallest absolute Gasteiger partial charge is 0.145 e. The van der Waals surface area contributed by atoms with Crippen LogP contribution in [0.2, 0.25) is 5.02 Å². The molecule has 17 heavy (non-hydrogen) atoms. The second-order valence-corrected chi connectivity index (χ2v) is 5.14. The third-order valence-corrected chi connectivity index (χ3v) is 3.24. The van der Waals surface area contributed by atoms with Crippen molar-refractivity contribution in [3.8, 4) is 5.75 Å². The van der Waals surface area contributed by atoms with Crippen molar-refractivity contribution in [2.24, 2.45) is 0 Å². The molecule has 0 aromatic heterocycles. The first-order valence-electron chi connectivity index (χ1n) is 4.97. The van der Waals surface area contributed by atoms with Crippen LogP contribution in [-0.2, 0) is 6.61 Å². The van der Waals surface area contributed by atoms with E-state index in [4.69, 9.17) is 16.3 Å². The highest BCUT2D eigenvalue weighted by Gasteiger charge is 2.02. The summed E-state index contributed by atoms with van der Waals surface area (Å²) < 4.78 is 19.8. The van der Waals surface area contributed by atoms with Gasteiger partial charge in [0.1, 0.15) is 18.2 Å². The maximum absolute atomic E-state index is 13.1. The van der Waals surface area contributed by atoms with Crippen LogP contribution < -0.4 is 4.74 Å². The highest BCUT2D eigenvalue weighted by atomic mass is 127. The van der Waals surface area contributed by atoms with Crippen LogP contribution in [0.25, 0.3) is 0 Å². The fourth-order valence-corrected chi connectivity index (χ4v) is 1.79. The predicted molar refractivity (Wildman–Crippen MR) is 74.9 cm³/mol. The fourth-order valence-electron chi connectivity index (χ4n) is 1.31. The van der Waals surface area contributed by atoms with Crippen LogP contribution in [0.5, 0.6) is 5.75 Å². The first-order valence-corrected chi connectivity index (χ1v) is 6.43. The standard InChI is InChI=1S/C13H9ClFIO/c14-12-6-5-11(7-13(12)15)17-8-9-1-3-10(16)4-2-9/h1-7H,8H2. The molecule has 0 fully saturated rings. The normalized spacial score (nSPS) is 10.3. The molecule has 0 saturated carbocycles. The molecule has 0 amide bonds. The van der Waals surface area contributed by atoms with Gasteiger partial charge in [-0.15, -0.1) is 0 Å². The Hall–Kier alpha value is -0.810. The van der Waals surface area contributed by atoms with Gasteiger partial charge in [-0.3, -0.25) is 0 Å². The average molecular weight is 363 g/mol. The molecule has 0 aliphatic rings. The van der Waals surface area contributed by atoms with Crippen molar-refractivity contribution < 1.29 is 9.13 Å². The summed E-state index contributed by atoms with van der Waals surface area (Å²) in [5.74, 6) is 0.0113. The van der Waals surface area contributed by atoms with Gasteiger partial charge >= 0.3 is 0 Å². The number of benzene rings is 2. The summed E-state index contributed by atoms with van der Waals surface area (Å²) in [6, 6.07) is 12.4. The summed E-state index contributed by atoms with van der Waals surface area (Å²) >= 11 is 7.82. The van der Waals surface area contributed by atoms with Crippen molar-refractivity contribution >= 4 is 34.2 Å². The van der Waals surface area contributed by atoms with Crippen molar-refractivity contribution in [1.29, 1.82) is 0 Å². The lowest BCUT2D eigenvalue weighted by Gasteiger charge is -2.06. The molecule has 0 aliphatic carbocycles. The number of hydrogen-bond acceptors (Lipinski definition) is 1. The van der Waals surface area contributed by atoms with Crippen molar-refractivity contribution in [3.63, 3.8) is 0 Å². The molecule has 88 valence electrons. The van der Waals surface area contributed by atoms with Gasteiger partial charge in [0.25, 0.3) is 0 Å². The van der Waals surface area contributed by atoms with E-state index < -0.39 is 5.82 Å². The molecule has 1 nitrogen and oxygen atoms in total. The minimum Gasteiger partial charge on any atom is -0.489 e. The second kappa shape index (κ2) is 5.69. The van der Waals surface area contributed by atoms with E-state index in [0.717, 1.165) is 5.56 Å². The zero-order chi connectivity index (χ0) is 12.3. The molecule has 0 aliphatic heterocycles. The summed E-state index contributed by atoms with van der Waals surface area (Å²) in [4.78, 5) is 0. The van der Waals surface area contributed by atoms with Crippen LogP contribution in [0.15, 0.2) is 42.5 Å². The Morgan fingerprint density at radius 3 is 2.47 bits per heavy atom. The lowest BCUT2D eigenvalue weighted by molar-refractivity contribution is 0.304. The molecule has 0 atom stereocenters. The summed E-state index contributed by atoms with van der Waals surface area (Å²) in [6.07, 6.45) is 0. The zero-order valence-electron chi connectivity index (χ0n) is 8.79. The lowest BCUT2D eigenvalue weighted by Crippen LogP contribution is -1.95. The minimum absolute atomic E-state index is 0.103. The summed E-state index contributed by atoms with van der Waals surface area (Å²) in [7, 11) is 0. The van der Waals surface area contributed by atoms with Crippen LogP contribution in [0, 0.1) is 9.39 Å². The average Bonchev–Trinajstić information content (AvgIpc) is 2.33. The number of ether oxygens (including phenoxy) is 1. The topological polar surface area (TPSA) is 9.23 Å². The third-order valence-electron chi connectivity index (χ3n) is 2.21. The van der Waals surface area contributed by atoms with Crippen LogP contribution in [0.4, 0.5) is 4.39 Å². The van der Waals surface area contributed by atoms with E-state index in [2.05, 4.69) is 22.6 Å². The van der Waals surface area contributed by atoms with Crippen LogP contribution in [0.1, 0.15) is 5.56 Å². The lowest BCUT2D eigenvalue weighted by atomic mass is 10.2. The van der Waals surface area contributed by atoms with Gasteiger partial charge in [-0.05, 0) is 52.4 Å². The fraction of sp³-hybridized carbons (Fsp3) is 0.0769. The SMILES string of the molecule is Fc1cc(OCc2ccc(I)cc2)ccc1Cl. The maximum atomic E-state index is 13.1. The van der Waals surface area contributed by atoms with Gasteiger partial charge in [0, 0.05) is 9.64 Å².